The molecule has 0 aromatic carbocycles. The molecule has 1 atom stereocenters. The van der Waals surface area contributed by atoms with E-state index in [-0.39, 0.29) is 18.1 Å². The molecule has 1 unspecified atom stereocenters. The molecule has 4 nitrogen and oxygen atoms in total. The first-order chi connectivity index (χ1) is 9.04. The van der Waals surface area contributed by atoms with Gasteiger partial charge in [0.15, 0.2) is 0 Å². The second kappa shape index (κ2) is 7.50. The van der Waals surface area contributed by atoms with Crippen molar-refractivity contribution in [2.75, 3.05) is 12.4 Å². The number of aliphatic hydroxyl groups is 1. The van der Waals surface area contributed by atoms with E-state index in [0.717, 1.165) is 17.2 Å². The maximum Gasteiger partial charge on any atom is 0.251 e. The highest BCUT2D eigenvalue weighted by molar-refractivity contribution is 7.99. The number of nitrogens with one attached hydrogen (secondary N) is 1. The molecule has 1 aromatic rings. The Balaban J connectivity index is 2.79. The van der Waals surface area contributed by atoms with Gasteiger partial charge in [-0.1, -0.05) is 13.8 Å². The van der Waals surface area contributed by atoms with Gasteiger partial charge in [-0.15, -0.1) is 11.8 Å². The topological polar surface area (TPSA) is 62.2 Å². The minimum Gasteiger partial charge on any atom is -0.396 e. The fourth-order valence-corrected chi connectivity index (χ4v) is 2.34. The lowest BCUT2D eigenvalue weighted by atomic mass is 9.94. The van der Waals surface area contributed by atoms with Crippen molar-refractivity contribution in [1.29, 1.82) is 0 Å². The Morgan fingerprint density at radius 3 is 2.84 bits per heavy atom. The number of rotatable bonds is 7. The van der Waals surface area contributed by atoms with Crippen LogP contribution in [0, 0.1) is 0 Å². The fourth-order valence-electron chi connectivity index (χ4n) is 1.70. The van der Waals surface area contributed by atoms with Crippen LogP contribution in [0.4, 0.5) is 0 Å². The Hall–Kier alpha value is -1.07. The maximum absolute atomic E-state index is 12.2. The van der Waals surface area contributed by atoms with Crippen molar-refractivity contribution in [2.45, 2.75) is 44.2 Å². The van der Waals surface area contributed by atoms with Crippen LogP contribution in [0.5, 0.6) is 0 Å². The number of nitrogens with zero attached hydrogens (tertiary/aromatic N) is 1. The molecule has 1 rings (SSSR count). The zero-order chi connectivity index (χ0) is 14.3. The van der Waals surface area contributed by atoms with E-state index >= 15 is 0 Å². The minimum atomic E-state index is -0.368. The smallest absolute Gasteiger partial charge is 0.251 e. The lowest BCUT2D eigenvalue weighted by Gasteiger charge is -2.29. The van der Waals surface area contributed by atoms with Crippen LogP contribution in [0.2, 0.25) is 0 Å². The van der Waals surface area contributed by atoms with Crippen molar-refractivity contribution in [2.24, 2.45) is 0 Å². The predicted octanol–water partition coefficient (Wildman–Crippen LogP) is 2.47. The number of aromatic nitrogens is 1. The Bertz CT molecular complexity index is 426. The van der Waals surface area contributed by atoms with Crippen molar-refractivity contribution in [1.82, 2.24) is 10.3 Å². The number of pyridine rings is 1. The summed E-state index contributed by atoms with van der Waals surface area (Å²) in [6.45, 7) is 6.07. The first-order valence-electron chi connectivity index (χ1n) is 6.57. The third-order valence-corrected chi connectivity index (χ3v) is 3.96. The van der Waals surface area contributed by atoms with E-state index in [1.165, 1.54) is 0 Å². The summed E-state index contributed by atoms with van der Waals surface area (Å²) in [5, 5.41) is 12.9. The van der Waals surface area contributed by atoms with Crippen LogP contribution >= 0.6 is 11.8 Å². The summed E-state index contributed by atoms with van der Waals surface area (Å²) in [5.74, 6) is 0.813. The summed E-state index contributed by atoms with van der Waals surface area (Å²) < 4.78 is 0. The highest BCUT2D eigenvalue weighted by atomic mass is 32.2. The standard InChI is InChI=1S/C14H22N2O2S/c1-4-14(3,7-9-17)16-13(18)11-6-8-15-12(10-11)19-5-2/h6,8,10,17H,4-5,7,9H2,1-3H3,(H,16,18). The number of thioether (sulfide) groups is 1. The molecule has 0 aliphatic carbocycles. The van der Waals surface area contributed by atoms with Gasteiger partial charge in [-0.3, -0.25) is 4.79 Å². The van der Waals surface area contributed by atoms with Gasteiger partial charge in [0, 0.05) is 23.9 Å². The van der Waals surface area contributed by atoms with Gasteiger partial charge in [0.2, 0.25) is 0 Å². The molecule has 0 bridgehead atoms. The molecule has 19 heavy (non-hydrogen) atoms. The van der Waals surface area contributed by atoms with E-state index in [4.69, 9.17) is 5.11 Å². The molecule has 0 fully saturated rings. The molecule has 2 N–H and O–H groups in total. The molecule has 0 aliphatic heterocycles. The predicted molar refractivity (Wildman–Crippen MR) is 78.5 cm³/mol. The van der Waals surface area contributed by atoms with Gasteiger partial charge in [-0.05, 0) is 37.7 Å². The van der Waals surface area contributed by atoms with Gasteiger partial charge in [0.25, 0.3) is 5.91 Å². The van der Waals surface area contributed by atoms with Crippen LogP contribution in [0.1, 0.15) is 44.0 Å². The Morgan fingerprint density at radius 1 is 1.53 bits per heavy atom. The molecule has 1 amide bonds. The number of carbonyl (C=O) groups excluding carboxylic acids is 1. The molecule has 0 aliphatic rings. The number of hydrogen-bond acceptors (Lipinski definition) is 4. The molecule has 1 heterocycles. The van der Waals surface area contributed by atoms with Gasteiger partial charge in [-0.25, -0.2) is 4.98 Å². The van der Waals surface area contributed by atoms with Crippen LogP contribution < -0.4 is 5.32 Å². The largest absolute Gasteiger partial charge is 0.396 e. The average Bonchev–Trinajstić information content (AvgIpc) is 2.39. The van der Waals surface area contributed by atoms with Crippen molar-refractivity contribution >= 4 is 17.7 Å². The van der Waals surface area contributed by atoms with Crippen LogP contribution in [-0.4, -0.2) is 33.9 Å². The second-order valence-electron chi connectivity index (χ2n) is 4.66. The zero-order valence-corrected chi connectivity index (χ0v) is 12.6. The van der Waals surface area contributed by atoms with E-state index < -0.39 is 0 Å². The van der Waals surface area contributed by atoms with E-state index in [1.54, 1.807) is 30.1 Å². The normalized spacial score (nSPS) is 13.9. The van der Waals surface area contributed by atoms with E-state index in [9.17, 15) is 4.79 Å². The molecule has 106 valence electrons. The quantitative estimate of drug-likeness (QED) is 0.754. The maximum atomic E-state index is 12.2. The van der Waals surface area contributed by atoms with Crippen LogP contribution in [0.15, 0.2) is 23.4 Å². The fraction of sp³-hybridized carbons (Fsp3) is 0.571. The van der Waals surface area contributed by atoms with Crippen molar-refractivity contribution in [3.05, 3.63) is 23.9 Å². The molecule has 0 spiro atoms. The molecule has 1 aromatic heterocycles. The molecular formula is C14H22N2O2S. The number of carbonyl (C=O) groups is 1. The summed E-state index contributed by atoms with van der Waals surface area (Å²) in [5.41, 5.74) is 0.247. The highest BCUT2D eigenvalue weighted by Gasteiger charge is 2.24. The molecule has 0 saturated heterocycles. The Morgan fingerprint density at radius 2 is 2.26 bits per heavy atom. The van der Waals surface area contributed by atoms with E-state index in [1.807, 2.05) is 13.8 Å². The van der Waals surface area contributed by atoms with Crippen LogP contribution in [0.25, 0.3) is 0 Å². The number of amides is 1. The SMILES string of the molecule is CCSc1cc(C(=O)NC(C)(CC)CCO)ccn1. The summed E-state index contributed by atoms with van der Waals surface area (Å²) >= 11 is 1.61. The van der Waals surface area contributed by atoms with Gasteiger partial charge < -0.3 is 10.4 Å². The summed E-state index contributed by atoms with van der Waals surface area (Å²) in [7, 11) is 0. The van der Waals surface area contributed by atoms with Crippen molar-refractivity contribution < 1.29 is 9.90 Å². The summed E-state index contributed by atoms with van der Waals surface area (Å²) in [4.78, 5) is 16.4. The summed E-state index contributed by atoms with van der Waals surface area (Å²) in [6.07, 6.45) is 2.99. The van der Waals surface area contributed by atoms with Crippen molar-refractivity contribution in [3.8, 4) is 0 Å². The van der Waals surface area contributed by atoms with Crippen LogP contribution in [0.3, 0.4) is 0 Å². The molecular weight excluding hydrogens is 260 g/mol. The summed E-state index contributed by atoms with van der Waals surface area (Å²) in [6, 6.07) is 3.52. The van der Waals surface area contributed by atoms with E-state index in [0.29, 0.717) is 12.0 Å². The molecule has 5 heteroatoms. The first-order valence-corrected chi connectivity index (χ1v) is 7.55. The number of aliphatic hydroxyl groups excluding tert-OH is 1. The third kappa shape index (κ3) is 4.84. The third-order valence-electron chi connectivity index (χ3n) is 3.15. The second-order valence-corrected chi connectivity index (χ2v) is 5.94. The Labute approximate surface area is 119 Å². The van der Waals surface area contributed by atoms with Gasteiger partial charge in [-0.2, -0.15) is 0 Å². The molecule has 0 saturated carbocycles. The van der Waals surface area contributed by atoms with Gasteiger partial charge in [0.05, 0.1) is 5.03 Å². The number of hydrogen-bond donors (Lipinski definition) is 2. The first kappa shape index (κ1) is 16.0. The molecule has 0 radical (unpaired) electrons. The van der Waals surface area contributed by atoms with Crippen LogP contribution in [-0.2, 0) is 0 Å². The minimum absolute atomic E-state index is 0.0674. The average molecular weight is 282 g/mol. The zero-order valence-electron chi connectivity index (χ0n) is 11.8. The van der Waals surface area contributed by atoms with E-state index in [2.05, 4.69) is 17.2 Å². The Kier molecular flexibility index (Phi) is 6.31. The van der Waals surface area contributed by atoms with Gasteiger partial charge >= 0.3 is 0 Å². The van der Waals surface area contributed by atoms with Gasteiger partial charge in [0.1, 0.15) is 0 Å². The lowest BCUT2D eigenvalue weighted by molar-refractivity contribution is 0.0886. The monoisotopic (exact) mass is 282 g/mol. The lowest BCUT2D eigenvalue weighted by Crippen LogP contribution is -2.46. The van der Waals surface area contributed by atoms with Crippen molar-refractivity contribution in [3.63, 3.8) is 0 Å². The highest BCUT2D eigenvalue weighted by Crippen LogP contribution is 2.18.